The Balaban J connectivity index is 3.47. The molecule has 1 rings (SSSR count). The Kier molecular flexibility index (Phi) is 3.52. The fourth-order valence-electron chi connectivity index (χ4n) is 1.41. The molecule has 0 spiro atoms. The van der Waals surface area contributed by atoms with Crippen molar-refractivity contribution >= 4 is 17.7 Å². The van der Waals surface area contributed by atoms with Gasteiger partial charge < -0.3 is 5.11 Å². The maximum Gasteiger partial charge on any atom is 0.417 e. The summed E-state index contributed by atoms with van der Waals surface area (Å²) in [4.78, 5) is 10.7. The van der Waals surface area contributed by atoms with E-state index in [9.17, 15) is 18.0 Å². The van der Waals surface area contributed by atoms with Gasteiger partial charge in [-0.1, -0.05) is 0 Å². The molecule has 0 fully saturated rings. The van der Waals surface area contributed by atoms with Gasteiger partial charge in [0.2, 0.25) is 0 Å². The van der Waals surface area contributed by atoms with Crippen LogP contribution in [0.15, 0.2) is 17.0 Å². The van der Waals surface area contributed by atoms with Crippen LogP contribution >= 0.6 is 11.8 Å². The number of carbonyl (C=O) groups is 1. The van der Waals surface area contributed by atoms with Crippen LogP contribution in [0, 0.1) is 6.92 Å². The van der Waals surface area contributed by atoms with Crippen molar-refractivity contribution in [3.05, 3.63) is 28.8 Å². The van der Waals surface area contributed by atoms with Gasteiger partial charge in [0.05, 0.1) is 11.1 Å². The molecule has 88 valence electrons. The van der Waals surface area contributed by atoms with E-state index in [0.29, 0.717) is 0 Å². The molecule has 16 heavy (non-hydrogen) atoms. The van der Waals surface area contributed by atoms with E-state index in [1.54, 1.807) is 0 Å². The van der Waals surface area contributed by atoms with Crippen molar-refractivity contribution in [2.45, 2.75) is 18.0 Å². The van der Waals surface area contributed by atoms with Gasteiger partial charge in [-0.25, -0.2) is 4.79 Å². The molecule has 0 radical (unpaired) electrons. The smallest absolute Gasteiger partial charge is 0.417 e. The molecule has 0 bridgehead atoms. The van der Waals surface area contributed by atoms with E-state index in [-0.39, 0.29) is 16.0 Å². The van der Waals surface area contributed by atoms with Crippen LogP contribution in [0.4, 0.5) is 13.2 Å². The zero-order valence-electron chi connectivity index (χ0n) is 8.55. The van der Waals surface area contributed by atoms with Gasteiger partial charge in [-0.15, -0.1) is 11.8 Å². The van der Waals surface area contributed by atoms with Crippen LogP contribution in [-0.2, 0) is 6.18 Å². The summed E-state index contributed by atoms with van der Waals surface area (Å²) in [5, 5.41) is 8.79. The van der Waals surface area contributed by atoms with Crippen molar-refractivity contribution in [3.63, 3.8) is 0 Å². The molecule has 0 saturated heterocycles. The van der Waals surface area contributed by atoms with E-state index in [0.717, 1.165) is 23.9 Å². The second kappa shape index (κ2) is 4.37. The molecule has 6 heteroatoms. The quantitative estimate of drug-likeness (QED) is 0.817. The molecule has 1 aromatic rings. The Bertz CT molecular complexity index is 427. The number of carboxylic acids is 1. The normalized spacial score (nSPS) is 11.6. The predicted octanol–water partition coefficient (Wildman–Crippen LogP) is 3.43. The Labute approximate surface area is 94.5 Å². The fraction of sp³-hybridized carbons (Fsp3) is 0.300. The number of hydrogen-bond acceptors (Lipinski definition) is 2. The predicted molar refractivity (Wildman–Crippen MR) is 54.9 cm³/mol. The SMILES string of the molecule is CSc1c(C(F)(F)F)ccc(C(=O)O)c1C. The van der Waals surface area contributed by atoms with Gasteiger partial charge in [-0.05, 0) is 30.9 Å². The lowest BCUT2D eigenvalue weighted by atomic mass is 10.0. The standard InChI is InChI=1S/C10H9F3O2S/c1-5-6(9(14)15)3-4-7(8(5)16-2)10(11,12)13/h3-4H,1-2H3,(H,14,15). The summed E-state index contributed by atoms with van der Waals surface area (Å²) >= 11 is 0.897. The highest BCUT2D eigenvalue weighted by atomic mass is 32.2. The molecule has 0 aliphatic rings. The number of halogens is 3. The van der Waals surface area contributed by atoms with Crippen molar-refractivity contribution in [3.8, 4) is 0 Å². The van der Waals surface area contributed by atoms with E-state index < -0.39 is 17.7 Å². The maximum atomic E-state index is 12.6. The number of rotatable bonds is 2. The first-order chi connectivity index (χ1) is 7.29. The van der Waals surface area contributed by atoms with Crippen LogP contribution < -0.4 is 0 Å². The number of benzene rings is 1. The monoisotopic (exact) mass is 250 g/mol. The van der Waals surface area contributed by atoms with Crippen molar-refractivity contribution in [1.82, 2.24) is 0 Å². The lowest BCUT2D eigenvalue weighted by Crippen LogP contribution is -2.10. The minimum Gasteiger partial charge on any atom is -0.478 e. The van der Waals surface area contributed by atoms with Gasteiger partial charge in [0, 0.05) is 4.90 Å². The molecule has 1 aromatic carbocycles. The lowest BCUT2D eigenvalue weighted by Gasteiger charge is -2.14. The van der Waals surface area contributed by atoms with Crippen LogP contribution in [0.2, 0.25) is 0 Å². The van der Waals surface area contributed by atoms with Crippen molar-refractivity contribution < 1.29 is 23.1 Å². The minimum atomic E-state index is -4.46. The molecule has 0 amide bonds. The molecule has 0 unspecified atom stereocenters. The number of aromatic carboxylic acids is 1. The van der Waals surface area contributed by atoms with Gasteiger partial charge in [0.15, 0.2) is 0 Å². The summed E-state index contributed by atoms with van der Waals surface area (Å²) in [6.07, 6.45) is -2.97. The zero-order chi connectivity index (χ0) is 12.5. The molecular formula is C10H9F3O2S. The maximum absolute atomic E-state index is 12.6. The molecule has 0 aliphatic carbocycles. The van der Waals surface area contributed by atoms with E-state index >= 15 is 0 Å². The van der Waals surface area contributed by atoms with E-state index in [2.05, 4.69) is 0 Å². The molecule has 2 nitrogen and oxygen atoms in total. The highest BCUT2D eigenvalue weighted by Crippen LogP contribution is 2.38. The third kappa shape index (κ3) is 2.32. The van der Waals surface area contributed by atoms with Gasteiger partial charge in [-0.2, -0.15) is 13.2 Å². The lowest BCUT2D eigenvalue weighted by molar-refractivity contribution is -0.139. The highest BCUT2D eigenvalue weighted by molar-refractivity contribution is 7.98. The Hall–Kier alpha value is -1.17. The van der Waals surface area contributed by atoms with Crippen LogP contribution in [0.5, 0.6) is 0 Å². The van der Waals surface area contributed by atoms with E-state index in [1.165, 1.54) is 13.2 Å². The van der Waals surface area contributed by atoms with Gasteiger partial charge in [0.1, 0.15) is 0 Å². The zero-order valence-corrected chi connectivity index (χ0v) is 9.37. The third-order valence-corrected chi connectivity index (χ3v) is 3.08. The number of carboxylic acid groups (broad SMARTS) is 1. The molecule has 1 N–H and O–H groups in total. The summed E-state index contributed by atoms with van der Waals surface area (Å²) in [5.41, 5.74) is -0.741. The van der Waals surface area contributed by atoms with Crippen LogP contribution in [0.25, 0.3) is 0 Å². The molecular weight excluding hydrogens is 241 g/mol. The Morgan fingerprint density at radius 3 is 2.31 bits per heavy atom. The molecule has 0 heterocycles. The van der Waals surface area contributed by atoms with Crippen molar-refractivity contribution in [2.75, 3.05) is 6.26 Å². The first-order valence-electron chi connectivity index (χ1n) is 4.27. The van der Waals surface area contributed by atoms with Crippen LogP contribution in [0.1, 0.15) is 21.5 Å². The highest BCUT2D eigenvalue weighted by Gasteiger charge is 2.34. The minimum absolute atomic E-state index is 0.0348. The topological polar surface area (TPSA) is 37.3 Å². The molecule has 0 saturated carbocycles. The summed E-state index contributed by atoms with van der Waals surface area (Å²) in [7, 11) is 0. The third-order valence-electron chi connectivity index (χ3n) is 2.15. The number of hydrogen-bond donors (Lipinski definition) is 1. The molecule has 0 aromatic heterocycles. The van der Waals surface area contributed by atoms with Gasteiger partial charge in [0.25, 0.3) is 0 Å². The molecule has 0 atom stereocenters. The summed E-state index contributed by atoms with van der Waals surface area (Å²) in [5.74, 6) is -1.22. The average Bonchev–Trinajstić information content (AvgIpc) is 2.15. The number of alkyl halides is 3. The second-order valence-electron chi connectivity index (χ2n) is 3.12. The van der Waals surface area contributed by atoms with Gasteiger partial charge in [-0.3, -0.25) is 0 Å². The average molecular weight is 250 g/mol. The Morgan fingerprint density at radius 1 is 1.38 bits per heavy atom. The van der Waals surface area contributed by atoms with Crippen LogP contribution in [-0.4, -0.2) is 17.3 Å². The number of thioether (sulfide) groups is 1. The van der Waals surface area contributed by atoms with Gasteiger partial charge >= 0.3 is 12.1 Å². The Morgan fingerprint density at radius 2 is 1.94 bits per heavy atom. The fourth-order valence-corrected chi connectivity index (χ4v) is 2.23. The summed E-state index contributed by atoms with van der Waals surface area (Å²) in [6.45, 7) is 1.38. The van der Waals surface area contributed by atoms with Crippen molar-refractivity contribution in [1.29, 1.82) is 0 Å². The summed E-state index contributed by atoms with van der Waals surface area (Å²) < 4.78 is 37.8. The van der Waals surface area contributed by atoms with Crippen LogP contribution in [0.3, 0.4) is 0 Å². The summed E-state index contributed by atoms with van der Waals surface area (Å²) in [6, 6.07) is 1.79. The van der Waals surface area contributed by atoms with E-state index in [1.807, 2.05) is 0 Å². The largest absolute Gasteiger partial charge is 0.478 e. The van der Waals surface area contributed by atoms with Crippen molar-refractivity contribution in [2.24, 2.45) is 0 Å². The first-order valence-corrected chi connectivity index (χ1v) is 5.49. The first kappa shape index (κ1) is 12.9. The molecule has 0 aliphatic heterocycles. The second-order valence-corrected chi connectivity index (χ2v) is 3.94. The van der Waals surface area contributed by atoms with E-state index in [4.69, 9.17) is 5.11 Å².